The number of likely N-dealkylation sites (tertiary alicyclic amines) is 1. The van der Waals surface area contributed by atoms with Crippen molar-refractivity contribution in [1.82, 2.24) is 24.8 Å². The molecule has 118 valence electrons. The summed E-state index contributed by atoms with van der Waals surface area (Å²) in [5.74, 6) is 1.51. The van der Waals surface area contributed by atoms with Crippen LogP contribution in [-0.4, -0.2) is 43.8 Å². The summed E-state index contributed by atoms with van der Waals surface area (Å²) in [6, 6.07) is 1.98. The van der Waals surface area contributed by atoms with Crippen molar-refractivity contribution in [3.8, 4) is 0 Å². The highest BCUT2D eigenvalue weighted by atomic mass is 16.5. The Labute approximate surface area is 129 Å². The molecular weight excluding hydrogens is 282 g/mol. The number of hydrogen-bond acceptors (Lipinski definition) is 5. The SMILES string of the molecule is Cc1cc(C)n(CC(=O)N2CCC[C@H](c3nc(C)no3)C2)n1. The van der Waals surface area contributed by atoms with Crippen LogP contribution in [0.25, 0.3) is 0 Å². The maximum Gasteiger partial charge on any atom is 0.244 e. The highest BCUT2D eigenvalue weighted by molar-refractivity contribution is 5.76. The molecule has 0 aliphatic carbocycles. The molecule has 0 radical (unpaired) electrons. The van der Waals surface area contributed by atoms with E-state index in [0.29, 0.717) is 18.3 Å². The average molecular weight is 303 g/mol. The number of rotatable bonds is 3. The van der Waals surface area contributed by atoms with Gasteiger partial charge in [0, 0.05) is 18.8 Å². The lowest BCUT2D eigenvalue weighted by molar-refractivity contribution is -0.133. The highest BCUT2D eigenvalue weighted by Crippen LogP contribution is 2.25. The number of hydrogen-bond donors (Lipinski definition) is 0. The molecule has 1 fully saturated rings. The van der Waals surface area contributed by atoms with E-state index in [1.807, 2.05) is 31.7 Å². The van der Waals surface area contributed by atoms with Gasteiger partial charge in [0.1, 0.15) is 6.54 Å². The summed E-state index contributed by atoms with van der Waals surface area (Å²) in [7, 11) is 0. The van der Waals surface area contributed by atoms with Crippen LogP contribution in [0.1, 0.15) is 41.9 Å². The summed E-state index contributed by atoms with van der Waals surface area (Å²) in [6.07, 6.45) is 1.93. The van der Waals surface area contributed by atoms with Crippen molar-refractivity contribution in [2.75, 3.05) is 13.1 Å². The number of aryl methyl sites for hydroxylation is 3. The van der Waals surface area contributed by atoms with Crippen LogP contribution in [0, 0.1) is 20.8 Å². The fourth-order valence-electron chi connectivity index (χ4n) is 2.95. The number of carbonyl (C=O) groups excluding carboxylic acids is 1. The van der Waals surface area contributed by atoms with Crippen LogP contribution < -0.4 is 0 Å². The summed E-state index contributed by atoms with van der Waals surface area (Å²) < 4.78 is 7.02. The van der Waals surface area contributed by atoms with Crippen LogP contribution in [0.2, 0.25) is 0 Å². The summed E-state index contributed by atoms with van der Waals surface area (Å²) in [6.45, 7) is 7.41. The van der Waals surface area contributed by atoms with Crippen LogP contribution >= 0.6 is 0 Å². The lowest BCUT2D eigenvalue weighted by Gasteiger charge is -2.31. The van der Waals surface area contributed by atoms with Crippen LogP contribution in [0.3, 0.4) is 0 Å². The number of piperidine rings is 1. The molecule has 22 heavy (non-hydrogen) atoms. The zero-order valence-corrected chi connectivity index (χ0v) is 13.2. The largest absolute Gasteiger partial charge is 0.340 e. The molecule has 3 heterocycles. The Hall–Kier alpha value is -2.18. The topological polar surface area (TPSA) is 77.0 Å². The van der Waals surface area contributed by atoms with Crippen molar-refractivity contribution in [2.45, 2.75) is 46.1 Å². The van der Waals surface area contributed by atoms with Gasteiger partial charge in [-0.15, -0.1) is 0 Å². The Morgan fingerprint density at radius 1 is 1.41 bits per heavy atom. The molecule has 2 aromatic rings. The summed E-state index contributed by atoms with van der Waals surface area (Å²) in [5, 5.41) is 8.19. The second-order valence-electron chi connectivity index (χ2n) is 5.94. The minimum atomic E-state index is 0.0899. The van der Waals surface area contributed by atoms with Crippen LogP contribution in [0.5, 0.6) is 0 Å². The van der Waals surface area contributed by atoms with Gasteiger partial charge in [0.05, 0.1) is 11.6 Å². The maximum atomic E-state index is 12.5. The molecule has 1 amide bonds. The number of carbonyl (C=O) groups is 1. The van der Waals surface area contributed by atoms with Crippen LogP contribution in [0.4, 0.5) is 0 Å². The fourth-order valence-corrected chi connectivity index (χ4v) is 2.95. The fraction of sp³-hybridized carbons (Fsp3) is 0.600. The van der Waals surface area contributed by atoms with E-state index in [-0.39, 0.29) is 18.4 Å². The molecule has 1 saturated heterocycles. The molecule has 7 heteroatoms. The van der Waals surface area contributed by atoms with E-state index in [0.717, 1.165) is 30.8 Å². The first-order chi connectivity index (χ1) is 10.5. The lowest BCUT2D eigenvalue weighted by atomic mass is 9.98. The second-order valence-corrected chi connectivity index (χ2v) is 5.94. The first kappa shape index (κ1) is 14.7. The van der Waals surface area contributed by atoms with Gasteiger partial charge in [0.15, 0.2) is 5.82 Å². The molecule has 0 bridgehead atoms. The molecule has 1 atom stereocenters. The molecule has 0 N–H and O–H groups in total. The van der Waals surface area contributed by atoms with E-state index in [1.54, 1.807) is 4.68 Å². The molecule has 0 aromatic carbocycles. The van der Waals surface area contributed by atoms with E-state index in [9.17, 15) is 4.79 Å². The molecule has 3 rings (SSSR count). The van der Waals surface area contributed by atoms with Crippen molar-refractivity contribution in [3.63, 3.8) is 0 Å². The van der Waals surface area contributed by atoms with Gasteiger partial charge in [-0.25, -0.2) is 0 Å². The van der Waals surface area contributed by atoms with Crippen molar-refractivity contribution in [1.29, 1.82) is 0 Å². The normalized spacial score (nSPS) is 18.7. The predicted octanol–water partition coefficient (Wildman–Crippen LogP) is 1.60. The zero-order valence-electron chi connectivity index (χ0n) is 13.2. The highest BCUT2D eigenvalue weighted by Gasteiger charge is 2.28. The second kappa shape index (κ2) is 5.90. The number of aromatic nitrogens is 4. The molecule has 0 unspecified atom stereocenters. The average Bonchev–Trinajstić information content (AvgIpc) is 3.05. The predicted molar refractivity (Wildman–Crippen MR) is 79.3 cm³/mol. The monoisotopic (exact) mass is 303 g/mol. The van der Waals surface area contributed by atoms with Crippen molar-refractivity contribution in [2.24, 2.45) is 0 Å². The molecule has 0 spiro atoms. The quantitative estimate of drug-likeness (QED) is 0.860. The smallest absolute Gasteiger partial charge is 0.244 e. The standard InChI is InChI=1S/C15H21N5O2/c1-10-7-11(2)20(17-10)9-14(21)19-6-4-5-13(8-19)15-16-12(3)18-22-15/h7,13H,4-6,8-9H2,1-3H3/t13-/m0/s1. The maximum absolute atomic E-state index is 12.5. The van der Waals surface area contributed by atoms with Gasteiger partial charge in [-0.2, -0.15) is 10.1 Å². The molecule has 1 aliphatic heterocycles. The minimum absolute atomic E-state index is 0.0899. The molecule has 7 nitrogen and oxygen atoms in total. The minimum Gasteiger partial charge on any atom is -0.340 e. The van der Waals surface area contributed by atoms with Gasteiger partial charge in [-0.05, 0) is 39.7 Å². The van der Waals surface area contributed by atoms with E-state index in [4.69, 9.17) is 4.52 Å². The van der Waals surface area contributed by atoms with Crippen molar-refractivity contribution in [3.05, 3.63) is 29.2 Å². The lowest BCUT2D eigenvalue weighted by Crippen LogP contribution is -2.41. The number of nitrogens with zero attached hydrogens (tertiary/aromatic N) is 5. The third kappa shape index (κ3) is 3.03. The number of amides is 1. The third-order valence-electron chi connectivity index (χ3n) is 4.06. The summed E-state index contributed by atoms with van der Waals surface area (Å²) in [5.41, 5.74) is 1.94. The van der Waals surface area contributed by atoms with Crippen molar-refractivity contribution < 1.29 is 9.32 Å². The summed E-state index contributed by atoms with van der Waals surface area (Å²) >= 11 is 0. The molecule has 1 aliphatic rings. The molecule has 0 saturated carbocycles. The zero-order chi connectivity index (χ0) is 15.7. The Kier molecular flexibility index (Phi) is 3.96. The third-order valence-corrected chi connectivity index (χ3v) is 4.06. The first-order valence-corrected chi connectivity index (χ1v) is 7.62. The Balaban J connectivity index is 1.66. The van der Waals surface area contributed by atoms with Crippen LogP contribution in [-0.2, 0) is 11.3 Å². The van der Waals surface area contributed by atoms with Crippen molar-refractivity contribution >= 4 is 5.91 Å². The Morgan fingerprint density at radius 3 is 2.86 bits per heavy atom. The molecule has 2 aromatic heterocycles. The first-order valence-electron chi connectivity index (χ1n) is 7.62. The van der Waals surface area contributed by atoms with E-state index >= 15 is 0 Å². The Morgan fingerprint density at radius 2 is 2.23 bits per heavy atom. The van der Waals surface area contributed by atoms with Gasteiger partial charge in [-0.1, -0.05) is 5.16 Å². The van der Waals surface area contributed by atoms with E-state index in [2.05, 4.69) is 15.2 Å². The van der Waals surface area contributed by atoms with Gasteiger partial charge in [-0.3, -0.25) is 9.48 Å². The van der Waals surface area contributed by atoms with Gasteiger partial charge >= 0.3 is 0 Å². The van der Waals surface area contributed by atoms with Gasteiger partial charge in [0.2, 0.25) is 11.8 Å². The molecular formula is C15H21N5O2. The summed E-state index contributed by atoms with van der Waals surface area (Å²) in [4.78, 5) is 18.7. The van der Waals surface area contributed by atoms with Gasteiger partial charge < -0.3 is 9.42 Å². The van der Waals surface area contributed by atoms with Gasteiger partial charge in [0.25, 0.3) is 0 Å². The van der Waals surface area contributed by atoms with Crippen LogP contribution in [0.15, 0.2) is 10.6 Å². The Bertz CT molecular complexity index is 675. The van der Waals surface area contributed by atoms with E-state index < -0.39 is 0 Å². The van der Waals surface area contributed by atoms with E-state index in [1.165, 1.54) is 0 Å².